The van der Waals surface area contributed by atoms with E-state index in [1.807, 2.05) is 4.72 Å². The maximum atomic E-state index is 10.3. The van der Waals surface area contributed by atoms with Gasteiger partial charge in [0.05, 0.1) is 0 Å². The predicted octanol–water partition coefficient (Wildman–Crippen LogP) is -0.282. The monoisotopic (exact) mass is 135 g/mol. The molecule has 1 atom stereocenters. The Morgan fingerprint density at radius 3 is 2.62 bits per heavy atom. The Kier molecular flexibility index (Phi) is 3.64. The van der Waals surface area contributed by atoms with E-state index in [9.17, 15) is 4.79 Å². The predicted molar refractivity (Wildman–Crippen MR) is 33.4 cm³/mol. The molecule has 1 amide bonds. The number of rotatable bonds is 2. The summed E-state index contributed by atoms with van der Waals surface area (Å²) in [7, 11) is 0. The summed E-state index contributed by atoms with van der Waals surface area (Å²) in [6.45, 7) is 1.72. The Morgan fingerprint density at radius 2 is 2.50 bits per heavy atom. The number of hydrogen-bond acceptors (Lipinski definition) is 3. The zero-order valence-corrected chi connectivity index (χ0v) is 5.48. The number of amides is 1. The van der Waals surface area contributed by atoms with Crippen LogP contribution < -0.4 is 4.72 Å². The number of carbonyl (C=O) groups excluding carboxylic acids is 1. The second-order valence-electron chi connectivity index (χ2n) is 1.40. The molecule has 3 nitrogen and oxygen atoms in total. The van der Waals surface area contributed by atoms with Gasteiger partial charge in [0.15, 0.2) is 0 Å². The molecule has 0 bridgehead atoms. The van der Waals surface area contributed by atoms with E-state index in [1.165, 1.54) is 0 Å². The molecule has 0 aromatic carbocycles. The topological polar surface area (TPSA) is 49.3 Å². The van der Waals surface area contributed by atoms with Crippen LogP contribution in [0.2, 0.25) is 0 Å². The summed E-state index contributed by atoms with van der Waals surface area (Å²) >= 11 is 3.45. The molecule has 0 radical (unpaired) electrons. The normalized spacial score (nSPS) is 12.9. The van der Waals surface area contributed by atoms with Crippen LogP contribution in [0, 0.1) is 0 Å². The van der Waals surface area contributed by atoms with Gasteiger partial charge in [-0.1, -0.05) is 19.7 Å². The van der Waals surface area contributed by atoms with Crippen LogP contribution in [0.5, 0.6) is 0 Å². The lowest BCUT2D eigenvalue weighted by atomic mass is 10.3. The minimum Gasteiger partial charge on any atom is -0.383 e. The number of aliphatic hydroxyl groups excluding tert-OH is 1. The van der Waals surface area contributed by atoms with Gasteiger partial charge < -0.3 is 9.83 Å². The minimum absolute atomic E-state index is 0.423. The van der Waals surface area contributed by atoms with E-state index in [0.717, 1.165) is 0 Å². The molecule has 0 aromatic rings. The number of nitrogens with one attached hydrogen (secondary N) is 1. The van der Waals surface area contributed by atoms with Crippen LogP contribution >= 0.6 is 12.8 Å². The molecule has 8 heavy (non-hydrogen) atoms. The molecule has 2 N–H and O–H groups in total. The average Bonchev–Trinajstić information content (AvgIpc) is 1.84. The molecule has 0 heterocycles. The van der Waals surface area contributed by atoms with Crippen molar-refractivity contribution in [1.82, 2.24) is 4.72 Å². The van der Waals surface area contributed by atoms with Crippen molar-refractivity contribution in [2.75, 3.05) is 0 Å². The molecular weight excluding hydrogens is 126 g/mol. The number of aliphatic hydroxyl groups is 1. The largest absolute Gasteiger partial charge is 0.383 e. The molecule has 0 aliphatic heterocycles. The first-order valence-electron chi connectivity index (χ1n) is 2.34. The third-order valence-electron chi connectivity index (χ3n) is 0.800. The lowest BCUT2D eigenvalue weighted by Crippen LogP contribution is -2.27. The van der Waals surface area contributed by atoms with E-state index >= 15 is 0 Å². The van der Waals surface area contributed by atoms with E-state index < -0.39 is 12.0 Å². The fourth-order valence-corrected chi connectivity index (χ4v) is 0.409. The van der Waals surface area contributed by atoms with Gasteiger partial charge >= 0.3 is 0 Å². The van der Waals surface area contributed by atoms with Gasteiger partial charge in [-0.2, -0.15) is 0 Å². The van der Waals surface area contributed by atoms with Gasteiger partial charge in [0.2, 0.25) is 0 Å². The lowest BCUT2D eigenvalue weighted by Gasteiger charge is -2.02. The SMILES string of the molecule is CCC(O)C(=O)NS. The Hall–Kier alpha value is -0.220. The third-order valence-corrected chi connectivity index (χ3v) is 1.02. The van der Waals surface area contributed by atoms with Gasteiger partial charge in [0.25, 0.3) is 5.91 Å². The zero-order valence-electron chi connectivity index (χ0n) is 4.59. The molecule has 0 fully saturated rings. The maximum absolute atomic E-state index is 10.3. The average molecular weight is 135 g/mol. The molecule has 1 unspecified atom stereocenters. The van der Waals surface area contributed by atoms with E-state index in [0.29, 0.717) is 6.42 Å². The fourth-order valence-electron chi connectivity index (χ4n) is 0.260. The molecule has 0 spiro atoms. The smallest absolute Gasteiger partial charge is 0.258 e. The summed E-state index contributed by atoms with van der Waals surface area (Å²) in [4.78, 5) is 10.3. The van der Waals surface area contributed by atoms with Gasteiger partial charge in [0, 0.05) is 0 Å². The molecule has 0 saturated carbocycles. The van der Waals surface area contributed by atoms with Crippen molar-refractivity contribution >= 4 is 18.7 Å². The molecular formula is C4H9NO2S. The van der Waals surface area contributed by atoms with Crippen molar-refractivity contribution in [3.8, 4) is 0 Å². The van der Waals surface area contributed by atoms with E-state index in [2.05, 4.69) is 12.8 Å². The fraction of sp³-hybridized carbons (Fsp3) is 0.750. The van der Waals surface area contributed by atoms with Crippen molar-refractivity contribution in [2.24, 2.45) is 0 Å². The molecule has 0 rings (SSSR count). The van der Waals surface area contributed by atoms with Crippen molar-refractivity contribution in [2.45, 2.75) is 19.4 Å². The first-order chi connectivity index (χ1) is 3.72. The summed E-state index contributed by atoms with van der Waals surface area (Å²) in [5.41, 5.74) is 0. The van der Waals surface area contributed by atoms with Crippen molar-refractivity contribution < 1.29 is 9.90 Å². The Bertz CT molecular complexity index is 86.1. The van der Waals surface area contributed by atoms with Crippen molar-refractivity contribution in [1.29, 1.82) is 0 Å². The first kappa shape index (κ1) is 7.78. The highest BCUT2D eigenvalue weighted by Gasteiger charge is 2.08. The summed E-state index contributed by atoms with van der Waals surface area (Å²) in [5.74, 6) is -0.448. The van der Waals surface area contributed by atoms with Gasteiger partial charge in [-0.25, -0.2) is 0 Å². The molecule has 48 valence electrons. The quantitative estimate of drug-likeness (QED) is 0.456. The molecule has 0 aliphatic rings. The highest BCUT2D eigenvalue weighted by atomic mass is 32.1. The second-order valence-corrected chi connectivity index (χ2v) is 1.62. The second kappa shape index (κ2) is 3.74. The Labute approximate surface area is 53.6 Å². The van der Waals surface area contributed by atoms with Gasteiger partial charge in [-0.15, -0.1) is 0 Å². The lowest BCUT2D eigenvalue weighted by molar-refractivity contribution is -0.127. The molecule has 0 aliphatic carbocycles. The number of thiol groups is 1. The summed E-state index contributed by atoms with van der Waals surface area (Å²) in [5, 5.41) is 8.67. The summed E-state index contributed by atoms with van der Waals surface area (Å²) < 4.78 is 2.02. The van der Waals surface area contributed by atoms with Gasteiger partial charge in [-0.3, -0.25) is 4.79 Å². The zero-order chi connectivity index (χ0) is 6.57. The highest BCUT2D eigenvalue weighted by Crippen LogP contribution is 1.88. The highest BCUT2D eigenvalue weighted by molar-refractivity contribution is 7.78. The van der Waals surface area contributed by atoms with Crippen LogP contribution in [0.25, 0.3) is 0 Å². The molecule has 4 heteroatoms. The van der Waals surface area contributed by atoms with E-state index in [-0.39, 0.29) is 0 Å². The van der Waals surface area contributed by atoms with Crippen LogP contribution in [-0.4, -0.2) is 17.1 Å². The van der Waals surface area contributed by atoms with Gasteiger partial charge in [-0.05, 0) is 6.42 Å². The van der Waals surface area contributed by atoms with Gasteiger partial charge in [0.1, 0.15) is 6.10 Å². The maximum Gasteiger partial charge on any atom is 0.258 e. The van der Waals surface area contributed by atoms with E-state index in [1.54, 1.807) is 6.92 Å². The molecule has 0 saturated heterocycles. The summed E-state index contributed by atoms with van der Waals surface area (Å²) in [6, 6.07) is 0. The number of carbonyl (C=O) groups is 1. The standard InChI is InChI=1S/C4H9NO2S/c1-2-3(6)4(7)5-8/h3,6,8H,2H2,1H3,(H,5,7). The number of hydrogen-bond donors (Lipinski definition) is 3. The van der Waals surface area contributed by atoms with Crippen LogP contribution in [0.15, 0.2) is 0 Å². The summed E-state index contributed by atoms with van der Waals surface area (Å²) in [6.07, 6.45) is -0.487. The Balaban J connectivity index is 3.46. The molecule has 0 aromatic heterocycles. The minimum atomic E-state index is -0.910. The van der Waals surface area contributed by atoms with Crippen LogP contribution in [0.3, 0.4) is 0 Å². The van der Waals surface area contributed by atoms with Crippen molar-refractivity contribution in [3.63, 3.8) is 0 Å². The van der Waals surface area contributed by atoms with E-state index in [4.69, 9.17) is 5.11 Å². The first-order valence-corrected chi connectivity index (χ1v) is 2.79. The third kappa shape index (κ3) is 2.18. The van der Waals surface area contributed by atoms with Crippen LogP contribution in [0.1, 0.15) is 13.3 Å². The Morgan fingerprint density at radius 1 is 2.00 bits per heavy atom. The van der Waals surface area contributed by atoms with Crippen LogP contribution in [0.4, 0.5) is 0 Å². The van der Waals surface area contributed by atoms with Crippen molar-refractivity contribution in [3.05, 3.63) is 0 Å². The van der Waals surface area contributed by atoms with Crippen LogP contribution in [-0.2, 0) is 4.79 Å².